The van der Waals surface area contributed by atoms with Gasteiger partial charge in [-0.05, 0) is 32.6 Å². The molecule has 0 aliphatic carbocycles. The first-order valence-corrected chi connectivity index (χ1v) is 7.99. The first-order valence-electron chi connectivity index (χ1n) is 6.77. The lowest BCUT2D eigenvalue weighted by Gasteiger charge is -2.09. The van der Waals surface area contributed by atoms with Gasteiger partial charge < -0.3 is 10.7 Å². The Morgan fingerprint density at radius 3 is 2.62 bits per heavy atom. The van der Waals surface area contributed by atoms with E-state index < -0.39 is 0 Å². The highest BCUT2D eigenvalue weighted by molar-refractivity contribution is 7.98. The molecule has 0 atom stereocenters. The van der Waals surface area contributed by atoms with Crippen molar-refractivity contribution in [3.63, 3.8) is 0 Å². The molecule has 0 saturated carbocycles. The van der Waals surface area contributed by atoms with Crippen LogP contribution in [-0.2, 0) is 6.54 Å². The van der Waals surface area contributed by atoms with Gasteiger partial charge in [0.25, 0.3) is 0 Å². The van der Waals surface area contributed by atoms with Gasteiger partial charge in [0.2, 0.25) is 0 Å². The van der Waals surface area contributed by atoms with E-state index in [1.165, 1.54) is 17.5 Å². The zero-order valence-corrected chi connectivity index (χ0v) is 13.4. The van der Waals surface area contributed by atoms with E-state index in [1.54, 1.807) is 6.07 Å². The number of hydrogen-bond donors (Lipinski definition) is 3. The number of hydrazine groups is 1. The summed E-state index contributed by atoms with van der Waals surface area (Å²) in [4.78, 5) is 8.61. The van der Waals surface area contributed by atoms with Crippen LogP contribution >= 0.6 is 11.8 Å². The molecule has 4 N–H and O–H groups in total. The number of hydrogen-bond acceptors (Lipinski definition) is 7. The molecule has 21 heavy (non-hydrogen) atoms. The lowest BCUT2D eigenvalue weighted by molar-refractivity contribution is 0.573. The van der Waals surface area contributed by atoms with Crippen LogP contribution in [0.1, 0.15) is 17.8 Å². The van der Waals surface area contributed by atoms with Gasteiger partial charge in [-0.2, -0.15) is 5.10 Å². The summed E-state index contributed by atoms with van der Waals surface area (Å²) in [6, 6.07) is 3.88. The summed E-state index contributed by atoms with van der Waals surface area (Å²) < 4.78 is 2.02. The standard InChI is InChI=1S/C13H21N7S/c1-9-7-10(2)20(19-9)6-4-5-15-11-8-12(18-14)17-13(16-11)21-3/h7-8H,4-6,14H2,1-3H3,(H2,15,16,17,18). The van der Waals surface area contributed by atoms with Crippen LogP contribution in [0.4, 0.5) is 11.6 Å². The van der Waals surface area contributed by atoms with E-state index >= 15 is 0 Å². The van der Waals surface area contributed by atoms with E-state index in [9.17, 15) is 0 Å². The van der Waals surface area contributed by atoms with E-state index in [0.29, 0.717) is 11.0 Å². The molecule has 0 aliphatic rings. The molecule has 0 aromatic carbocycles. The molecular formula is C13H21N7S. The summed E-state index contributed by atoms with van der Waals surface area (Å²) in [6.45, 7) is 5.78. The number of nitrogens with one attached hydrogen (secondary N) is 2. The minimum absolute atomic E-state index is 0.607. The largest absolute Gasteiger partial charge is 0.370 e. The third kappa shape index (κ3) is 4.33. The molecule has 2 rings (SSSR count). The van der Waals surface area contributed by atoms with E-state index in [-0.39, 0.29) is 0 Å². The molecule has 0 bridgehead atoms. The molecule has 0 aliphatic heterocycles. The van der Waals surface area contributed by atoms with Gasteiger partial charge in [-0.1, -0.05) is 11.8 Å². The normalized spacial score (nSPS) is 10.7. The van der Waals surface area contributed by atoms with Gasteiger partial charge in [-0.15, -0.1) is 0 Å². The van der Waals surface area contributed by atoms with Gasteiger partial charge in [0.05, 0.1) is 5.69 Å². The third-order valence-electron chi connectivity index (χ3n) is 2.99. The fourth-order valence-electron chi connectivity index (χ4n) is 2.03. The summed E-state index contributed by atoms with van der Waals surface area (Å²) in [5.74, 6) is 6.78. The van der Waals surface area contributed by atoms with E-state index in [4.69, 9.17) is 5.84 Å². The molecule has 2 heterocycles. The van der Waals surface area contributed by atoms with Crippen molar-refractivity contribution in [3.05, 3.63) is 23.5 Å². The smallest absolute Gasteiger partial charge is 0.191 e. The molecule has 0 radical (unpaired) electrons. The zero-order valence-electron chi connectivity index (χ0n) is 12.6. The van der Waals surface area contributed by atoms with Crippen LogP contribution in [0.15, 0.2) is 17.3 Å². The number of anilines is 2. The molecule has 2 aromatic rings. The predicted octanol–water partition coefficient (Wildman–Crippen LogP) is 1.80. The fraction of sp³-hybridized carbons (Fsp3) is 0.462. The lowest BCUT2D eigenvalue weighted by atomic mass is 10.4. The molecule has 0 saturated heterocycles. The van der Waals surface area contributed by atoms with Crippen molar-refractivity contribution in [3.8, 4) is 0 Å². The van der Waals surface area contributed by atoms with Crippen molar-refractivity contribution in [2.24, 2.45) is 5.84 Å². The van der Waals surface area contributed by atoms with Crippen molar-refractivity contribution < 1.29 is 0 Å². The molecule has 114 valence electrons. The molecular weight excluding hydrogens is 286 g/mol. The van der Waals surface area contributed by atoms with Crippen molar-refractivity contribution >= 4 is 23.4 Å². The SMILES string of the molecule is CSc1nc(NN)cc(NCCCn2nc(C)cc2C)n1. The Morgan fingerprint density at radius 1 is 1.24 bits per heavy atom. The molecule has 0 amide bonds. The predicted molar refractivity (Wildman–Crippen MR) is 86.4 cm³/mol. The molecule has 7 nitrogen and oxygen atoms in total. The van der Waals surface area contributed by atoms with Gasteiger partial charge in [0.1, 0.15) is 11.6 Å². The maximum Gasteiger partial charge on any atom is 0.191 e. The minimum Gasteiger partial charge on any atom is -0.370 e. The molecule has 0 fully saturated rings. The van der Waals surface area contributed by atoms with Gasteiger partial charge in [-0.3, -0.25) is 4.68 Å². The number of aromatic nitrogens is 4. The maximum absolute atomic E-state index is 5.40. The Bertz CT molecular complexity index is 574. The second kappa shape index (κ2) is 7.28. The Labute approximate surface area is 128 Å². The van der Waals surface area contributed by atoms with Gasteiger partial charge in [0.15, 0.2) is 5.16 Å². The van der Waals surface area contributed by atoms with Crippen molar-refractivity contribution in [2.75, 3.05) is 23.5 Å². The topological polar surface area (TPSA) is 93.7 Å². The van der Waals surface area contributed by atoms with Crippen LogP contribution in [0.2, 0.25) is 0 Å². The Kier molecular flexibility index (Phi) is 5.40. The van der Waals surface area contributed by atoms with E-state index in [1.807, 2.05) is 17.9 Å². The summed E-state index contributed by atoms with van der Waals surface area (Å²) in [6.07, 6.45) is 2.90. The lowest BCUT2D eigenvalue weighted by Crippen LogP contribution is -2.12. The Morgan fingerprint density at radius 2 is 2.00 bits per heavy atom. The number of nitrogen functional groups attached to an aromatic ring is 1. The zero-order chi connectivity index (χ0) is 15.2. The maximum atomic E-state index is 5.40. The number of rotatable bonds is 7. The quantitative estimate of drug-likeness (QED) is 0.236. The van der Waals surface area contributed by atoms with Crippen molar-refractivity contribution in [2.45, 2.75) is 32.0 Å². The first kappa shape index (κ1) is 15.6. The third-order valence-corrected chi connectivity index (χ3v) is 3.54. The van der Waals surface area contributed by atoms with Crippen LogP contribution in [0.25, 0.3) is 0 Å². The summed E-state index contributed by atoms with van der Waals surface area (Å²) >= 11 is 1.48. The van der Waals surface area contributed by atoms with Crippen molar-refractivity contribution in [1.82, 2.24) is 19.7 Å². The number of nitrogens with two attached hydrogens (primary N) is 1. The second-order valence-electron chi connectivity index (χ2n) is 4.70. The van der Waals surface area contributed by atoms with E-state index in [2.05, 4.69) is 38.8 Å². The van der Waals surface area contributed by atoms with Crippen LogP contribution < -0.4 is 16.6 Å². The molecule has 0 unspecified atom stereocenters. The molecule has 8 heteroatoms. The Balaban J connectivity index is 1.87. The van der Waals surface area contributed by atoms with Crippen LogP contribution in [0.3, 0.4) is 0 Å². The summed E-state index contributed by atoms with van der Waals surface area (Å²) in [5, 5.41) is 8.42. The molecule has 2 aromatic heterocycles. The summed E-state index contributed by atoms with van der Waals surface area (Å²) in [7, 11) is 0. The fourth-order valence-corrected chi connectivity index (χ4v) is 2.41. The average molecular weight is 307 g/mol. The Hall–Kier alpha value is -1.80. The summed E-state index contributed by atoms with van der Waals surface area (Å²) in [5.41, 5.74) is 4.79. The highest BCUT2D eigenvalue weighted by Crippen LogP contribution is 2.16. The monoisotopic (exact) mass is 307 g/mol. The second-order valence-corrected chi connectivity index (χ2v) is 5.47. The first-order chi connectivity index (χ1) is 10.1. The van der Waals surface area contributed by atoms with Gasteiger partial charge in [0, 0.05) is 24.8 Å². The number of thioether (sulfide) groups is 1. The number of aryl methyl sites for hydroxylation is 3. The minimum atomic E-state index is 0.607. The highest BCUT2D eigenvalue weighted by atomic mass is 32.2. The van der Waals surface area contributed by atoms with Crippen LogP contribution in [-0.4, -0.2) is 32.5 Å². The van der Waals surface area contributed by atoms with Crippen LogP contribution in [0.5, 0.6) is 0 Å². The van der Waals surface area contributed by atoms with Gasteiger partial charge >= 0.3 is 0 Å². The highest BCUT2D eigenvalue weighted by Gasteiger charge is 2.04. The number of nitrogens with zero attached hydrogens (tertiary/aromatic N) is 4. The average Bonchev–Trinajstić information content (AvgIpc) is 2.81. The van der Waals surface area contributed by atoms with E-state index in [0.717, 1.165) is 31.0 Å². The van der Waals surface area contributed by atoms with Crippen LogP contribution in [0, 0.1) is 13.8 Å². The van der Waals surface area contributed by atoms with Gasteiger partial charge in [-0.25, -0.2) is 15.8 Å². The van der Waals surface area contributed by atoms with Crippen molar-refractivity contribution in [1.29, 1.82) is 0 Å². The molecule has 0 spiro atoms.